The van der Waals surface area contributed by atoms with Crippen LogP contribution in [0.3, 0.4) is 0 Å². The van der Waals surface area contributed by atoms with Gasteiger partial charge in [0, 0.05) is 53.1 Å². The van der Waals surface area contributed by atoms with Gasteiger partial charge in [0.2, 0.25) is 0 Å². The van der Waals surface area contributed by atoms with Crippen molar-refractivity contribution >= 4 is 35.9 Å². The number of carbonyl (C=O) groups excluding carboxylic acids is 1. The van der Waals surface area contributed by atoms with Crippen molar-refractivity contribution in [2.24, 2.45) is 16.8 Å². The van der Waals surface area contributed by atoms with Gasteiger partial charge in [0.25, 0.3) is 0 Å². The van der Waals surface area contributed by atoms with Crippen molar-refractivity contribution in [3.63, 3.8) is 0 Å². The molecule has 1 N–H and O–H groups in total. The Labute approximate surface area is 180 Å². The Kier molecular flexibility index (Phi) is 13.0. The smallest absolute Gasteiger partial charge is 0.310 e. The molecule has 2 saturated heterocycles. The fraction of sp³-hybridized carbons (Fsp3) is 0.895. The number of hydrogen-bond donors (Lipinski definition) is 1. The summed E-state index contributed by atoms with van der Waals surface area (Å²) in [5.41, 5.74) is 0. The standard InChI is InChI=1S/C19H35N3O4.HI/c1-3-26-18(23)17-6-4-10-22(14-17)19(20-2)21-9-5-11-25-15-16-7-12-24-13-8-16;/h16-17H,3-15H2,1-2H3,(H,20,21);1H. The Bertz CT molecular complexity index is 445. The van der Waals surface area contributed by atoms with Crippen LogP contribution in [-0.4, -0.2) is 76.5 Å². The minimum atomic E-state index is -0.0887. The summed E-state index contributed by atoms with van der Waals surface area (Å²) in [6.07, 6.45) is 5.05. The molecule has 1 atom stereocenters. The summed E-state index contributed by atoms with van der Waals surface area (Å²) in [6.45, 7) is 8.05. The van der Waals surface area contributed by atoms with Crippen LogP contribution in [0.4, 0.5) is 0 Å². The summed E-state index contributed by atoms with van der Waals surface area (Å²) in [6, 6.07) is 0. The number of likely N-dealkylation sites (tertiary alicyclic amines) is 1. The van der Waals surface area contributed by atoms with E-state index in [4.69, 9.17) is 14.2 Å². The van der Waals surface area contributed by atoms with E-state index in [2.05, 4.69) is 15.2 Å². The number of ether oxygens (including phenoxy) is 3. The predicted octanol–water partition coefficient (Wildman–Crippen LogP) is 2.29. The molecule has 27 heavy (non-hydrogen) atoms. The third-order valence-corrected chi connectivity index (χ3v) is 5.00. The molecule has 2 aliphatic heterocycles. The molecule has 158 valence electrons. The molecule has 0 spiro atoms. The molecular formula is C19H36IN3O4. The van der Waals surface area contributed by atoms with Gasteiger partial charge in [-0.1, -0.05) is 0 Å². The van der Waals surface area contributed by atoms with Gasteiger partial charge in [0.15, 0.2) is 5.96 Å². The predicted molar refractivity (Wildman–Crippen MR) is 117 cm³/mol. The molecule has 2 fully saturated rings. The highest BCUT2D eigenvalue weighted by Crippen LogP contribution is 2.18. The Balaban J connectivity index is 0.00000364. The molecule has 0 aliphatic carbocycles. The summed E-state index contributed by atoms with van der Waals surface area (Å²) in [4.78, 5) is 18.5. The highest BCUT2D eigenvalue weighted by molar-refractivity contribution is 14.0. The fourth-order valence-corrected chi connectivity index (χ4v) is 3.49. The molecule has 2 heterocycles. The number of nitrogens with zero attached hydrogens (tertiary/aromatic N) is 2. The van der Waals surface area contributed by atoms with E-state index in [1.807, 2.05) is 6.92 Å². The van der Waals surface area contributed by atoms with Crippen molar-refractivity contribution in [2.75, 3.05) is 59.7 Å². The summed E-state index contributed by atoms with van der Waals surface area (Å²) < 4.78 is 16.3. The molecule has 7 nitrogen and oxygen atoms in total. The van der Waals surface area contributed by atoms with E-state index >= 15 is 0 Å². The summed E-state index contributed by atoms with van der Waals surface area (Å²) in [5, 5.41) is 3.39. The van der Waals surface area contributed by atoms with Gasteiger partial charge in [0.1, 0.15) is 0 Å². The van der Waals surface area contributed by atoms with Gasteiger partial charge in [0.05, 0.1) is 12.5 Å². The lowest BCUT2D eigenvalue weighted by molar-refractivity contribution is -0.149. The van der Waals surface area contributed by atoms with Crippen LogP contribution in [0.25, 0.3) is 0 Å². The first-order valence-electron chi connectivity index (χ1n) is 10.0. The minimum Gasteiger partial charge on any atom is -0.466 e. The van der Waals surface area contributed by atoms with Crippen LogP contribution in [0, 0.1) is 11.8 Å². The molecule has 2 aliphatic rings. The van der Waals surface area contributed by atoms with Crippen molar-refractivity contribution in [3.8, 4) is 0 Å². The van der Waals surface area contributed by atoms with Gasteiger partial charge in [-0.25, -0.2) is 0 Å². The van der Waals surface area contributed by atoms with Gasteiger partial charge < -0.3 is 24.4 Å². The number of hydrogen-bond acceptors (Lipinski definition) is 5. The molecule has 0 radical (unpaired) electrons. The van der Waals surface area contributed by atoms with E-state index in [0.717, 1.165) is 77.6 Å². The van der Waals surface area contributed by atoms with Crippen LogP contribution < -0.4 is 5.32 Å². The molecule has 0 aromatic carbocycles. The average Bonchev–Trinajstić information content (AvgIpc) is 2.68. The summed E-state index contributed by atoms with van der Waals surface area (Å²) in [5.74, 6) is 1.38. The van der Waals surface area contributed by atoms with Crippen LogP contribution in [0.1, 0.15) is 39.0 Å². The highest BCUT2D eigenvalue weighted by Gasteiger charge is 2.28. The number of nitrogens with one attached hydrogen (secondary N) is 1. The first kappa shape index (κ1) is 24.4. The minimum absolute atomic E-state index is 0. The number of esters is 1. The molecule has 0 aromatic rings. The van der Waals surface area contributed by atoms with Crippen molar-refractivity contribution in [2.45, 2.75) is 39.0 Å². The van der Waals surface area contributed by atoms with Crippen LogP contribution >= 0.6 is 24.0 Å². The Morgan fingerprint density at radius 2 is 2.07 bits per heavy atom. The van der Waals surface area contributed by atoms with E-state index in [-0.39, 0.29) is 35.9 Å². The molecule has 0 aromatic heterocycles. The zero-order chi connectivity index (χ0) is 18.6. The third-order valence-electron chi connectivity index (χ3n) is 5.00. The Morgan fingerprint density at radius 3 is 2.78 bits per heavy atom. The van der Waals surface area contributed by atoms with E-state index in [9.17, 15) is 4.79 Å². The molecule has 0 amide bonds. The second-order valence-electron chi connectivity index (χ2n) is 7.00. The maximum Gasteiger partial charge on any atom is 0.310 e. The van der Waals surface area contributed by atoms with Crippen molar-refractivity contribution < 1.29 is 19.0 Å². The van der Waals surface area contributed by atoms with Crippen LogP contribution in [-0.2, 0) is 19.0 Å². The molecule has 1 unspecified atom stereocenters. The van der Waals surface area contributed by atoms with E-state index in [1.165, 1.54) is 0 Å². The summed E-state index contributed by atoms with van der Waals surface area (Å²) in [7, 11) is 1.79. The maximum absolute atomic E-state index is 12.0. The number of rotatable bonds is 8. The van der Waals surface area contributed by atoms with E-state index in [0.29, 0.717) is 19.1 Å². The molecule has 8 heteroatoms. The van der Waals surface area contributed by atoms with Crippen LogP contribution in [0.5, 0.6) is 0 Å². The van der Waals surface area contributed by atoms with Gasteiger partial charge in [-0.2, -0.15) is 0 Å². The summed E-state index contributed by atoms with van der Waals surface area (Å²) >= 11 is 0. The Morgan fingerprint density at radius 1 is 1.30 bits per heavy atom. The lowest BCUT2D eigenvalue weighted by Crippen LogP contribution is -2.48. The number of aliphatic imine (C=N–C) groups is 1. The monoisotopic (exact) mass is 497 g/mol. The molecular weight excluding hydrogens is 461 g/mol. The fourth-order valence-electron chi connectivity index (χ4n) is 3.49. The first-order chi connectivity index (χ1) is 12.7. The van der Waals surface area contributed by atoms with E-state index < -0.39 is 0 Å². The second kappa shape index (κ2) is 14.4. The quantitative estimate of drug-likeness (QED) is 0.183. The number of piperidine rings is 1. The van der Waals surface area contributed by atoms with Gasteiger partial charge in [-0.05, 0) is 44.9 Å². The largest absolute Gasteiger partial charge is 0.466 e. The SMILES string of the molecule is CCOC(=O)C1CCCN(C(=NC)NCCCOCC2CCOCC2)C1.I. The highest BCUT2D eigenvalue weighted by atomic mass is 127. The van der Waals surface area contributed by atoms with Crippen LogP contribution in [0.15, 0.2) is 4.99 Å². The van der Waals surface area contributed by atoms with Gasteiger partial charge in [-0.3, -0.25) is 9.79 Å². The van der Waals surface area contributed by atoms with E-state index in [1.54, 1.807) is 7.05 Å². The Hall–Kier alpha value is -0.610. The number of guanidine groups is 1. The van der Waals surface area contributed by atoms with Crippen molar-refractivity contribution in [1.82, 2.24) is 10.2 Å². The van der Waals surface area contributed by atoms with Gasteiger partial charge >= 0.3 is 5.97 Å². The molecule has 2 rings (SSSR count). The van der Waals surface area contributed by atoms with Gasteiger partial charge in [-0.15, -0.1) is 24.0 Å². The first-order valence-corrected chi connectivity index (χ1v) is 10.0. The van der Waals surface area contributed by atoms with Crippen LogP contribution in [0.2, 0.25) is 0 Å². The third kappa shape index (κ3) is 8.95. The zero-order valence-corrected chi connectivity index (χ0v) is 19.1. The number of halogens is 1. The lowest BCUT2D eigenvalue weighted by Gasteiger charge is -2.34. The average molecular weight is 497 g/mol. The maximum atomic E-state index is 12.0. The van der Waals surface area contributed by atoms with Crippen molar-refractivity contribution in [1.29, 1.82) is 0 Å². The lowest BCUT2D eigenvalue weighted by atomic mass is 9.98. The second-order valence-corrected chi connectivity index (χ2v) is 7.00. The zero-order valence-electron chi connectivity index (χ0n) is 16.8. The topological polar surface area (TPSA) is 72.4 Å². The molecule has 0 saturated carbocycles. The number of carbonyl (C=O) groups is 1. The normalized spacial score (nSPS) is 21.5. The molecule has 0 bridgehead atoms. The van der Waals surface area contributed by atoms with Crippen molar-refractivity contribution in [3.05, 3.63) is 0 Å².